The fourth-order valence-electron chi connectivity index (χ4n) is 3.49. The number of amides is 3. The quantitative estimate of drug-likeness (QED) is 0.525. The molecule has 0 bridgehead atoms. The van der Waals surface area contributed by atoms with E-state index < -0.39 is 22.9 Å². The molecule has 0 aromatic heterocycles. The van der Waals surface area contributed by atoms with Gasteiger partial charge in [-0.25, -0.2) is 9.29 Å². The predicted molar refractivity (Wildman–Crippen MR) is 108 cm³/mol. The first kappa shape index (κ1) is 20.9. The maximum Gasteiger partial charge on any atom is 0.261 e. The Morgan fingerprint density at radius 2 is 1.79 bits per heavy atom. The van der Waals surface area contributed by atoms with Crippen LogP contribution in [-0.2, 0) is 14.4 Å². The molecule has 1 aliphatic heterocycles. The number of rotatable bonds is 5. The van der Waals surface area contributed by atoms with Crippen molar-refractivity contribution in [3.05, 3.63) is 34.1 Å². The van der Waals surface area contributed by atoms with Gasteiger partial charge in [0.05, 0.1) is 16.0 Å². The standard InChI is InChI=1S/C20H22ClFN2O3S/c1-4-16(20(27)23(2)3)28-17-10-15(14(22)9-13(17)21)24-18(25)11-7-5-6-8-12(11)19(24)26/h9-10,16H,4-8H2,1-3H3. The third kappa shape index (κ3) is 3.70. The molecule has 150 valence electrons. The number of hydrogen-bond acceptors (Lipinski definition) is 4. The van der Waals surface area contributed by atoms with Gasteiger partial charge in [-0.15, -0.1) is 11.8 Å². The second-order valence-corrected chi connectivity index (χ2v) is 8.74. The molecule has 0 N–H and O–H groups in total. The molecule has 5 nitrogen and oxygen atoms in total. The van der Waals surface area contributed by atoms with Crippen LogP contribution in [0.4, 0.5) is 10.1 Å². The van der Waals surface area contributed by atoms with E-state index in [-0.39, 0.29) is 16.6 Å². The highest BCUT2D eigenvalue weighted by Gasteiger charge is 2.41. The van der Waals surface area contributed by atoms with E-state index in [9.17, 15) is 18.8 Å². The summed E-state index contributed by atoms with van der Waals surface area (Å²) >= 11 is 7.41. The minimum Gasteiger partial charge on any atom is -0.348 e. The first-order valence-electron chi connectivity index (χ1n) is 9.23. The second kappa shape index (κ2) is 8.25. The average Bonchev–Trinajstić information content (AvgIpc) is 2.92. The van der Waals surface area contributed by atoms with E-state index in [2.05, 4.69) is 0 Å². The lowest BCUT2D eigenvalue weighted by Gasteiger charge is -2.21. The molecule has 1 aliphatic carbocycles. The van der Waals surface area contributed by atoms with E-state index in [1.54, 1.807) is 14.1 Å². The minimum absolute atomic E-state index is 0.0834. The first-order chi connectivity index (χ1) is 13.3. The summed E-state index contributed by atoms with van der Waals surface area (Å²) < 4.78 is 14.7. The molecule has 1 unspecified atom stereocenters. The first-order valence-corrected chi connectivity index (χ1v) is 10.5. The summed E-state index contributed by atoms with van der Waals surface area (Å²) in [6, 6.07) is 2.51. The summed E-state index contributed by atoms with van der Waals surface area (Å²) in [6.45, 7) is 1.88. The van der Waals surface area contributed by atoms with Gasteiger partial charge in [-0.3, -0.25) is 14.4 Å². The number of thioether (sulfide) groups is 1. The second-order valence-electron chi connectivity index (χ2n) is 7.09. The molecule has 2 aliphatic rings. The van der Waals surface area contributed by atoms with Crippen molar-refractivity contribution in [3.63, 3.8) is 0 Å². The van der Waals surface area contributed by atoms with Crippen LogP contribution < -0.4 is 4.90 Å². The Kier molecular flexibility index (Phi) is 6.15. The molecular formula is C20H22ClFN2O3S. The van der Waals surface area contributed by atoms with Gasteiger partial charge < -0.3 is 4.90 Å². The largest absolute Gasteiger partial charge is 0.348 e. The van der Waals surface area contributed by atoms with Crippen LogP contribution >= 0.6 is 23.4 Å². The van der Waals surface area contributed by atoms with Gasteiger partial charge in [0.2, 0.25) is 5.91 Å². The Hall–Kier alpha value is -1.86. The summed E-state index contributed by atoms with van der Waals surface area (Å²) in [6.07, 6.45) is 3.34. The van der Waals surface area contributed by atoms with Gasteiger partial charge >= 0.3 is 0 Å². The summed E-state index contributed by atoms with van der Waals surface area (Å²) in [5.41, 5.74) is 0.881. The van der Waals surface area contributed by atoms with Crippen LogP contribution in [0.1, 0.15) is 39.0 Å². The van der Waals surface area contributed by atoms with Crippen molar-refractivity contribution in [2.24, 2.45) is 0 Å². The third-order valence-corrected chi connectivity index (χ3v) is 6.82. The van der Waals surface area contributed by atoms with Gasteiger partial charge in [0.25, 0.3) is 11.8 Å². The van der Waals surface area contributed by atoms with Crippen LogP contribution in [-0.4, -0.2) is 42.0 Å². The van der Waals surface area contributed by atoms with Crippen molar-refractivity contribution >= 4 is 46.8 Å². The molecule has 1 atom stereocenters. The number of benzene rings is 1. The molecule has 3 rings (SSSR count). The minimum atomic E-state index is -0.733. The maximum absolute atomic E-state index is 14.7. The topological polar surface area (TPSA) is 57.7 Å². The van der Waals surface area contributed by atoms with Crippen molar-refractivity contribution in [2.75, 3.05) is 19.0 Å². The molecule has 8 heteroatoms. The van der Waals surface area contributed by atoms with Crippen molar-refractivity contribution < 1.29 is 18.8 Å². The molecule has 3 amide bonds. The monoisotopic (exact) mass is 424 g/mol. The summed E-state index contributed by atoms with van der Waals surface area (Å²) in [5.74, 6) is -1.72. The predicted octanol–water partition coefficient (Wildman–Crippen LogP) is 4.18. The van der Waals surface area contributed by atoms with Gasteiger partial charge in [0, 0.05) is 30.1 Å². The number of halogens is 2. The van der Waals surface area contributed by atoms with E-state index in [0.717, 1.165) is 23.8 Å². The van der Waals surface area contributed by atoms with Crippen molar-refractivity contribution in [1.29, 1.82) is 0 Å². The van der Waals surface area contributed by atoms with Crippen LogP contribution in [0.15, 0.2) is 28.2 Å². The number of carbonyl (C=O) groups excluding carboxylic acids is 3. The highest BCUT2D eigenvalue weighted by Crippen LogP contribution is 2.41. The molecule has 28 heavy (non-hydrogen) atoms. The van der Waals surface area contributed by atoms with E-state index in [1.807, 2.05) is 6.92 Å². The van der Waals surface area contributed by atoms with Crippen molar-refractivity contribution in [3.8, 4) is 0 Å². The lowest BCUT2D eigenvalue weighted by atomic mass is 9.93. The van der Waals surface area contributed by atoms with Gasteiger partial charge in [-0.2, -0.15) is 0 Å². The molecule has 0 saturated carbocycles. The smallest absolute Gasteiger partial charge is 0.261 e. The van der Waals surface area contributed by atoms with E-state index >= 15 is 0 Å². The fraction of sp³-hybridized carbons (Fsp3) is 0.450. The summed E-state index contributed by atoms with van der Waals surface area (Å²) in [7, 11) is 3.34. The average molecular weight is 425 g/mol. The summed E-state index contributed by atoms with van der Waals surface area (Å²) in [4.78, 5) is 40.7. The lowest BCUT2D eigenvalue weighted by Crippen LogP contribution is -2.32. The molecule has 0 saturated heterocycles. The molecule has 1 heterocycles. The highest BCUT2D eigenvalue weighted by molar-refractivity contribution is 8.00. The van der Waals surface area contributed by atoms with Crippen molar-refractivity contribution in [2.45, 2.75) is 49.2 Å². The number of nitrogens with zero attached hydrogens (tertiary/aromatic N) is 2. The maximum atomic E-state index is 14.7. The normalized spacial score (nSPS) is 17.8. The third-order valence-electron chi connectivity index (χ3n) is 4.99. The molecule has 0 radical (unpaired) electrons. The van der Waals surface area contributed by atoms with Crippen molar-refractivity contribution in [1.82, 2.24) is 4.90 Å². The van der Waals surface area contributed by atoms with Gasteiger partial charge in [0.15, 0.2) is 0 Å². The molecule has 1 aromatic rings. The Morgan fingerprint density at radius 3 is 2.29 bits per heavy atom. The molecular weight excluding hydrogens is 403 g/mol. The Bertz CT molecular complexity index is 856. The number of imide groups is 1. The van der Waals surface area contributed by atoms with Gasteiger partial charge in [-0.05, 0) is 44.2 Å². The fourth-order valence-corrected chi connectivity index (χ4v) is 4.91. The zero-order chi connectivity index (χ0) is 20.6. The van der Waals surface area contributed by atoms with E-state index in [4.69, 9.17) is 11.6 Å². The zero-order valence-corrected chi connectivity index (χ0v) is 17.6. The van der Waals surface area contributed by atoms with Crippen LogP contribution in [0.5, 0.6) is 0 Å². The Morgan fingerprint density at radius 1 is 1.21 bits per heavy atom. The SMILES string of the molecule is CCC(Sc1cc(N2C(=O)C3=C(CCCC3)C2=O)c(F)cc1Cl)C(=O)N(C)C. The van der Waals surface area contributed by atoms with Crippen LogP contribution in [0, 0.1) is 5.82 Å². The van der Waals surface area contributed by atoms with Crippen LogP contribution in [0.2, 0.25) is 5.02 Å². The number of carbonyl (C=O) groups is 3. The molecule has 0 spiro atoms. The van der Waals surface area contributed by atoms with E-state index in [1.165, 1.54) is 22.7 Å². The van der Waals surface area contributed by atoms with Gasteiger partial charge in [-0.1, -0.05) is 18.5 Å². The molecule has 0 fully saturated rings. The Labute approximate surface area is 172 Å². The molecule has 1 aromatic carbocycles. The summed E-state index contributed by atoms with van der Waals surface area (Å²) in [5, 5.41) is -0.254. The number of hydrogen-bond donors (Lipinski definition) is 0. The zero-order valence-electron chi connectivity index (χ0n) is 16.1. The van der Waals surface area contributed by atoms with Gasteiger partial charge in [0.1, 0.15) is 5.82 Å². The van der Waals surface area contributed by atoms with Crippen LogP contribution in [0.3, 0.4) is 0 Å². The highest BCUT2D eigenvalue weighted by atomic mass is 35.5. The lowest BCUT2D eigenvalue weighted by molar-refractivity contribution is -0.128. The Balaban J connectivity index is 1.96. The van der Waals surface area contributed by atoms with E-state index in [0.29, 0.717) is 35.3 Å². The number of anilines is 1. The van der Waals surface area contributed by atoms with Crippen LogP contribution in [0.25, 0.3) is 0 Å².